The van der Waals surface area contributed by atoms with E-state index in [1.807, 2.05) is 32.0 Å². The van der Waals surface area contributed by atoms with Gasteiger partial charge in [-0.1, -0.05) is 31.0 Å². The fraction of sp³-hybridized carbons (Fsp3) is 0.192. The van der Waals surface area contributed by atoms with E-state index >= 15 is 0 Å². The molecule has 0 spiro atoms. The van der Waals surface area contributed by atoms with Crippen molar-refractivity contribution in [2.24, 2.45) is 0 Å². The summed E-state index contributed by atoms with van der Waals surface area (Å²) in [5, 5.41) is 9.99. The second-order valence-electron chi connectivity index (χ2n) is 7.66. The number of furan rings is 1. The summed E-state index contributed by atoms with van der Waals surface area (Å²) in [7, 11) is 0. The third-order valence-corrected chi connectivity index (χ3v) is 5.46. The Morgan fingerprint density at radius 1 is 1.24 bits per heavy atom. The molecular weight excluding hydrogens is 438 g/mol. The molecule has 166 valence electrons. The number of hydrogen-bond acceptors (Lipinski definition) is 5. The van der Waals surface area contributed by atoms with E-state index in [2.05, 4.69) is 16.0 Å². The molecule has 4 aromatic rings. The van der Waals surface area contributed by atoms with Gasteiger partial charge < -0.3 is 14.1 Å². The first-order valence-electron chi connectivity index (χ1n) is 10.6. The number of ether oxygens (including phenoxy) is 1. The number of carbonyl (C=O) groups excluding carboxylic acids is 1. The van der Waals surface area contributed by atoms with Crippen molar-refractivity contribution in [3.05, 3.63) is 76.3 Å². The van der Waals surface area contributed by atoms with Crippen molar-refractivity contribution >= 4 is 40.3 Å². The number of nitriles is 1. The number of allylic oxidation sites excluding steroid dienone is 1. The lowest BCUT2D eigenvalue weighted by Gasteiger charge is -2.07. The zero-order chi connectivity index (χ0) is 23.4. The quantitative estimate of drug-likeness (QED) is 0.186. The maximum Gasteiger partial charge on any atom is 0.339 e. The van der Waals surface area contributed by atoms with Crippen molar-refractivity contribution < 1.29 is 13.9 Å². The van der Waals surface area contributed by atoms with Crippen LogP contribution in [0.5, 0.6) is 0 Å². The Morgan fingerprint density at radius 2 is 2.09 bits per heavy atom. The van der Waals surface area contributed by atoms with Crippen LogP contribution in [0.15, 0.2) is 52.9 Å². The van der Waals surface area contributed by atoms with Crippen LogP contribution in [0.3, 0.4) is 0 Å². The number of aromatic nitrogens is 2. The van der Waals surface area contributed by atoms with Crippen molar-refractivity contribution in [3.8, 4) is 17.4 Å². The highest BCUT2D eigenvalue weighted by Crippen LogP contribution is 2.29. The molecule has 0 atom stereocenters. The summed E-state index contributed by atoms with van der Waals surface area (Å²) in [5.74, 6) is 1.03. The summed E-state index contributed by atoms with van der Waals surface area (Å²) in [5.41, 5.74) is 4.07. The van der Waals surface area contributed by atoms with E-state index < -0.39 is 5.97 Å². The van der Waals surface area contributed by atoms with Gasteiger partial charge >= 0.3 is 5.97 Å². The van der Waals surface area contributed by atoms with Gasteiger partial charge in [0, 0.05) is 11.6 Å². The fourth-order valence-electron chi connectivity index (χ4n) is 3.35. The molecule has 0 saturated heterocycles. The van der Waals surface area contributed by atoms with Crippen LogP contribution in [-0.4, -0.2) is 22.5 Å². The van der Waals surface area contributed by atoms with Gasteiger partial charge in [-0.2, -0.15) is 5.26 Å². The van der Waals surface area contributed by atoms with Crippen LogP contribution < -0.4 is 0 Å². The maximum atomic E-state index is 12.4. The third kappa shape index (κ3) is 5.00. The number of benzene rings is 2. The van der Waals surface area contributed by atoms with Crippen LogP contribution in [-0.2, 0) is 4.74 Å². The number of carbonyl (C=O) groups is 1. The Morgan fingerprint density at radius 3 is 2.88 bits per heavy atom. The first kappa shape index (κ1) is 22.4. The largest absolute Gasteiger partial charge is 0.462 e. The minimum Gasteiger partial charge on any atom is -0.462 e. The standard InChI is InChI=1S/C26H22ClN3O3/c1-3-4-11-32-26(31)20-14-17(6-8-21(20)27)24-10-7-19(33-24)13-18(15-28)25-29-22-9-5-16(2)12-23(22)30-25/h5-10,12-14H,3-4,11H2,1-2H3,(H,29,30)/b18-13-. The van der Waals surface area contributed by atoms with Crippen LogP contribution in [0.4, 0.5) is 0 Å². The smallest absolute Gasteiger partial charge is 0.339 e. The number of H-pyrrole nitrogens is 1. The Kier molecular flexibility index (Phi) is 6.62. The summed E-state index contributed by atoms with van der Waals surface area (Å²) < 4.78 is 11.2. The van der Waals surface area contributed by atoms with Gasteiger partial charge in [0.2, 0.25) is 0 Å². The molecule has 6 nitrogen and oxygen atoms in total. The van der Waals surface area contributed by atoms with E-state index in [0.717, 1.165) is 29.4 Å². The third-order valence-electron chi connectivity index (χ3n) is 5.13. The Hall–Kier alpha value is -3.82. The molecule has 1 N–H and O–H groups in total. The van der Waals surface area contributed by atoms with Gasteiger partial charge in [-0.25, -0.2) is 9.78 Å². The molecule has 0 saturated carbocycles. The van der Waals surface area contributed by atoms with Crippen molar-refractivity contribution in [2.75, 3.05) is 6.61 Å². The number of halogens is 1. The van der Waals surface area contributed by atoms with Gasteiger partial charge in [0.25, 0.3) is 0 Å². The molecule has 33 heavy (non-hydrogen) atoms. The van der Waals surface area contributed by atoms with Crippen molar-refractivity contribution in [3.63, 3.8) is 0 Å². The molecule has 0 amide bonds. The number of nitrogens with one attached hydrogen (secondary N) is 1. The molecule has 0 radical (unpaired) electrons. The van der Waals surface area contributed by atoms with Gasteiger partial charge in [0.1, 0.15) is 23.4 Å². The fourth-order valence-corrected chi connectivity index (χ4v) is 3.55. The molecule has 0 fully saturated rings. The van der Waals surface area contributed by atoms with Crippen molar-refractivity contribution in [2.45, 2.75) is 26.7 Å². The number of rotatable bonds is 7. The van der Waals surface area contributed by atoms with Crippen molar-refractivity contribution in [1.82, 2.24) is 9.97 Å². The average Bonchev–Trinajstić information content (AvgIpc) is 3.44. The van der Waals surface area contributed by atoms with Gasteiger partial charge in [-0.3, -0.25) is 0 Å². The molecule has 0 aliphatic rings. The van der Waals surface area contributed by atoms with E-state index in [1.165, 1.54) is 0 Å². The van der Waals surface area contributed by atoms with Gasteiger partial charge in [-0.05, 0) is 61.4 Å². The molecule has 0 aliphatic heterocycles. The maximum absolute atomic E-state index is 12.4. The number of aryl methyl sites for hydroxylation is 1. The van der Waals surface area contributed by atoms with E-state index in [-0.39, 0.29) is 5.56 Å². The SMILES string of the molecule is CCCCOC(=O)c1cc(-c2ccc(/C=C(/C#N)c3nc4ccc(C)cc4[nH]3)o2)ccc1Cl. The lowest BCUT2D eigenvalue weighted by Crippen LogP contribution is -2.07. The zero-order valence-electron chi connectivity index (χ0n) is 18.3. The Balaban J connectivity index is 1.60. The van der Waals surface area contributed by atoms with E-state index in [1.54, 1.807) is 36.4 Å². The van der Waals surface area contributed by atoms with Crippen LogP contribution in [0.1, 0.15) is 47.3 Å². The average molecular weight is 460 g/mol. The second kappa shape index (κ2) is 9.76. The summed E-state index contributed by atoms with van der Waals surface area (Å²) in [6.45, 7) is 4.37. The number of nitrogens with zero attached hydrogens (tertiary/aromatic N) is 2. The number of fused-ring (bicyclic) bond motifs is 1. The minimum atomic E-state index is -0.464. The number of aromatic amines is 1. The summed E-state index contributed by atoms with van der Waals surface area (Å²) >= 11 is 6.21. The van der Waals surface area contributed by atoms with Crippen LogP contribution >= 0.6 is 11.6 Å². The first-order valence-corrected chi connectivity index (χ1v) is 11.0. The normalized spacial score (nSPS) is 11.5. The van der Waals surface area contributed by atoms with Crippen molar-refractivity contribution in [1.29, 1.82) is 5.26 Å². The van der Waals surface area contributed by atoms with Crippen LogP contribution in [0, 0.1) is 18.3 Å². The molecule has 2 aromatic heterocycles. The van der Waals surface area contributed by atoms with Crippen LogP contribution in [0.25, 0.3) is 34.0 Å². The molecule has 4 rings (SSSR count). The van der Waals surface area contributed by atoms with Gasteiger partial charge in [-0.15, -0.1) is 0 Å². The number of hydrogen-bond donors (Lipinski definition) is 1. The second-order valence-corrected chi connectivity index (χ2v) is 8.07. The molecule has 7 heteroatoms. The first-order chi connectivity index (χ1) is 16.0. The highest BCUT2D eigenvalue weighted by Gasteiger charge is 2.15. The summed E-state index contributed by atoms with van der Waals surface area (Å²) in [4.78, 5) is 20.1. The highest BCUT2D eigenvalue weighted by atomic mass is 35.5. The minimum absolute atomic E-state index is 0.286. The van der Waals surface area contributed by atoms with Crippen LogP contribution in [0.2, 0.25) is 5.02 Å². The molecule has 0 aliphatic carbocycles. The molecule has 2 heterocycles. The highest BCUT2D eigenvalue weighted by molar-refractivity contribution is 6.33. The number of imidazole rings is 1. The van der Waals surface area contributed by atoms with E-state index in [4.69, 9.17) is 20.8 Å². The Bertz CT molecular complexity index is 1390. The predicted octanol–water partition coefficient (Wildman–Crippen LogP) is 6.81. The van der Waals surface area contributed by atoms with Gasteiger partial charge in [0.15, 0.2) is 0 Å². The number of esters is 1. The Labute approximate surface area is 196 Å². The topological polar surface area (TPSA) is 91.9 Å². The predicted molar refractivity (Wildman–Crippen MR) is 129 cm³/mol. The molecular formula is C26H22ClN3O3. The van der Waals surface area contributed by atoms with Gasteiger partial charge in [0.05, 0.1) is 33.8 Å². The summed E-state index contributed by atoms with van der Waals surface area (Å²) in [6, 6.07) is 16.6. The zero-order valence-corrected chi connectivity index (χ0v) is 19.1. The lowest BCUT2D eigenvalue weighted by molar-refractivity contribution is 0.0500. The molecule has 0 unspecified atom stereocenters. The lowest BCUT2D eigenvalue weighted by atomic mass is 10.1. The van der Waals surface area contributed by atoms with E-state index in [0.29, 0.717) is 40.1 Å². The monoisotopic (exact) mass is 459 g/mol. The molecule has 2 aromatic carbocycles. The number of unbranched alkanes of at least 4 members (excludes halogenated alkanes) is 1. The van der Waals surface area contributed by atoms with E-state index in [9.17, 15) is 10.1 Å². The molecule has 0 bridgehead atoms. The summed E-state index contributed by atoms with van der Waals surface area (Å²) in [6.07, 6.45) is 3.36.